The first-order valence-corrected chi connectivity index (χ1v) is 11.2. The van der Waals surface area contributed by atoms with Gasteiger partial charge in [-0.3, -0.25) is 4.79 Å². The van der Waals surface area contributed by atoms with Crippen LogP contribution >= 0.6 is 0 Å². The molecule has 0 spiro atoms. The highest BCUT2D eigenvalue weighted by Gasteiger charge is 2.39. The number of para-hydroxylation sites is 1. The minimum Gasteiger partial charge on any atom is -0.496 e. The number of rotatable bonds is 5. The average molecular weight is 438 g/mol. The second kappa shape index (κ2) is 9.61. The van der Waals surface area contributed by atoms with Gasteiger partial charge in [0.25, 0.3) is 5.91 Å². The molecule has 2 aliphatic rings. The number of benzene rings is 2. The number of aliphatic hydroxyl groups excluding tert-OH is 1. The van der Waals surface area contributed by atoms with Gasteiger partial charge in [-0.05, 0) is 37.0 Å². The molecule has 2 aromatic carbocycles. The third-order valence-electron chi connectivity index (χ3n) is 6.75. The molecule has 2 N–H and O–H groups in total. The molecule has 0 aliphatic carbocycles. The van der Waals surface area contributed by atoms with Gasteiger partial charge in [-0.15, -0.1) is 0 Å². The summed E-state index contributed by atoms with van der Waals surface area (Å²) < 4.78 is 5.34. The zero-order chi connectivity index (χ0) is 22.6. The number of aliphatic hydroxyl groups is 1. The summed E-state index contributed by atoms with van der Waals surface area (Å²) in [7, 11) is 1.56. The van der Waals surface area contributed by atoms with Crippen LogP contribution in [-0.2, 0) is 5.41 Å². The molecule has 170 valence electrons. The monoisotopic (exact) mass is 437 g/mol. The maximum absolute atomic E-state index is 12.9. The molecule has 2 fully saturated rings. The standard InChI is InChI=1S/C25H31N3O4/c1-32-22-10-6-5-9-21(22)23(30)26-18-25(19-7-3-2-4-8-19)12-15-27(16-13-25)24(31)28-14-11-20(29)17-28/h2-10,20,29H,11-18H2,1H3,(H,26,30)/t20-/m0/s1. The SMILES string of the molecule is COc1ccccc1C(=O)NCC1(c2ccccc2)CCN(C(=O)N2CC[C@H](O)C2)CC1. The van der Waals surface area contributed by atoms with Crippen molar-refractivity contribution in [3.05, 3.63) is 65.7 Å². The number of piperidine rings is 1. The highest BCUT2D eigenvalue weighted by atomic mass is 16.5. The van der Waals surface area contributed by atoms with Crippen LogP contribution in [0.1, 0.15) is 35.2 Å². The lowest BCUT2D eigenvalue weighted by Crippen LogP contribution is -2.53. The Morgan fingerprint density at radius 2 is 1.72 bits per heavy atom. The van der Waals surface area contributed by atoms with E-state index in [-0.39, 0.29) is 17.4 Å². The Hall–Kier alpha value is -3.06. The summed E-state index contributed by atoms with van der Waals surface area (Å²) >= 11 is 0. The minimum atomic E-state index is -0.419. The average Bonchev–Trinajstić information content (AvgIpc) is 3.29. The van der Waals surface area contributed by atoms with E-state index >= 15 is 0 Å². The van der Waals surface area contributed by atoms with Crippen molar-refractivity contribution in [1.82, 2.24) is 15.1 Å². The Labute approximate surface area is 189 Å². The van der Waals surface area contributed by atoms with Gasteiger partial charge >= 0.3 is 6.03 Å². The molecule has 32 heavy (non-hydrogen) atoms. The highest BCUT2D eigenvalue weighted by molar-refractivity contribution is 5.97. The van der Waals surface area contributed by atoms with Gasteiger partial charge in [0.1, 0.15) is 5.75 Å². The number of methoxy groups -OCH3 is 1. The molecule has 0 bridgehead atoms. The maximum atomic E-state index is 12.9. The largest absolute Gasteiger partial charge is 0.496 e. The van der Waals surface area contributed by atoms with E-state index in [1.807, 2.05) is 35.2 Å². The fourth-order valence-corrected chi connectivity index (χ4v) is 4.78. The van der Waals surface area contributed by atoms with Crippen LogP contribution in [0.25, 0.3) is 0 Å². The third kappa shape index (κ3) is 4.58. The van der Waals surface area contributed by atoms with Crippen molar-refractivity contribution < 1.29 is 19.4 Å². The molecule has 2 aliphatic heterocycles. The predicted molar refractivity (Wildman–Crippen MR) is 122 cm³/mol. The topological polar surface area (TPSA) is 82.1 Å². The van der Waals surface area contributed by atoms with Crippen LogP contribution in [0.15, 0.2) is 54.6 Å². The van der Waals surface area contributed by atoms with Gasteiger partial charge in [0, 0.05) is 38.1 Å². The number of amides is 3. The van der Waals surface area contributed by atoms with Crippen LogP contribution in [0.3, 0.4) is 0 Å². The van der Waals surface area contributed by atoms with E-state index in [4.69, 9.17) is 4.74 Å². The number of ether oxygens (including phenoxy) is 1. The van der Waals surface area contributed by atoms with Gasteiger partial charge in [0.2, 0.25) is 0 Å². The van der Waals surface area contributed by atoms with Crippen LogP contribution in [0, 0.1) is 0 Å². The molecule has 0 radical (unpaired) electrons. The first-order chi connectivity index (χ1) is 15.5. The number of carbonyl (C=O) groups excluding carboxylic acids is 2. The van der Waals surface area contributed by atoms with Gasteiger partial charge in [-0.1, -0.05) is 42.5 Å². The van der Waals surface area contributed by atoms with Gasteiger partial charge in [0.15, 0.2) is 0 Å². The number of β-amino-alcohol motifs (C(OH)–C–C–N with tert-alkyl or cyclic N) is 1. The molecule has 3 amide bonds. The van der Waals surface area contributed by atoms with Crippen LogP contribution in [-0.4, -0.2) is 72.8 Å². The number of nitrogens with one attached hydrogen (secondary N) is 1. The fourth-order valence-electron chi connectivity index (χ4n) is 4.78. The van der Waals surface area contributed by atoms with E-state index in [0.29, 0.717) is 50.5 Å². The number of carbonyl (C=O) groups is 2. The van der Waals surface area contributed by atoms with Gasteiger partial charge in [0.05, 0.1) is 18.8 Å². The summed E-state index contributed by atoms with van der Waals surface area (Å²) in [4.78, 5) is 29.4. The Kier molecular flexibility index (Phi) is 6.65. The Morgan fingerprint density at radius 3 is 2.38 bits per heavy atom. The lowest BCUT2D eigenvalue weighted by molar-refractivity contribution is 0.0914. The summed E-state index contributed by atoms with van der Waals surface area (Å²) in [5, 5.41) is 12.9. The molecular formula is C25H31N3O4. The molecule has 0 saturated carbocycles. The number of urea groups is 1. The Morgan fingerprint density at radius 1 is 1.03 bits per heavy atom. The quantitative estimate of drug-likeness (QED) is 0.754. The summed E-state index contributed by atoms with van der Waals surface area (Å²) in [5.41, 5.74) is 1.43. The maximum Gasteiger partial charge on any atom is 0.320 e. The molecule has 0 aromatic heterocycles. The van der Waals surface area contributed by atoms with Crippen molar-refractivity contribution in [1.29, 1.82) is 0 Å². The van der Waals surface area contributed by atoms with Crippen molar-refractivity contribution in [3.8, 4) is 5.75 Å². The van der Waals surface area contributed by atoms with Gasteiger partial charge in [-0.25, -0.2) is 4.79 Å². The van der Waals surface area contributed by atoms with E-state index in [1.165, 1.54) is 5.56 Å². The Bertz CT molecular complexity index is 941. The molecular weight excluding hydrogens is 406 g/mol. The van der Waals surface area contributed by atoms with E-state index < -0.39 is 6.10 Å². The fraction of sp³-hybridized carbons (Fsp3) is 0.440. The van der Waals surface area contributed by atoms with Crippen LogP contribution in [0.5, 0.6) is 5.75 Å². The highest BCUT2D eigenvalue weighted by Crippen LogP contribution is 2.36. The number of likely N-dealkylation sites (tertiary alicyclic amines) is 2. The summed E-state index contributed by atoms with van der Waals surface area (Å²) in [6.45, 7) is 2.73. The van der Waals surface area contributed by atoms with E-state index in [9.17, 15) is 14.7 Å². The molecule has 7 heteroatoms. The first-order valence-electron chi connectivity index (χ1n) is 11.2. The number of hydrogen-bond donors (Lipinski definition) is 2. The van der Waals surface area contributed by atoms with Crippen molar-refractivity contribution >= 4 is 11.9 Å². The molecule has 1 atom stereocenters. The smallest absolute Gasteiger partial charge is 0.320 e. The van der Waals surface area contributed by atoms with Gasteiger partial charge < -0.3 is 25.0 Å². The number of nitrogens with zero attached hydrogens (tertiary/aromatic N) is 2. The second-order valence-corrected chi connectivity index (χ2v) is 8.69. The van der Waals surface area contributed by atoms with Crippen molar-refractivity contribution in [2.24, 2.45) is 0 Å². The summed E-state index contributed by atoms with van der Waals surface area (Å²) in [5.74, 6) is 0.384. The molecule has 7 nitrogen and oxygen atoms in total. The van der Waals surface area contributed by atoms with E-state index in [2.05, 4.69) is 17.4 Å². The third-order valence-corrected chi connectivity index (χ3v) is 6.75. The number of hydrogen-bond acceptors (Lipinski definition) is 4. The normalized spacial score (nSPS) is 20.1. The second-order valence-electron chi connectivity index (χ2n) is 8.69. The van der Waals surface area contributed by atoms with E-state index in [0.717, 1.165) is 12.8 Å². The first kappa shape index (κ1) is 22.1. The zero-order valence-corrected chi connectivity index (χ0v) is 18.5. The Balaban J connectivity index is 1.47. The van der Waals surface area contributed by atoms with Crippen LogP contribution in [0.2, 0.25) is 0 Å². The lowest BCUT2D eigenvalue weighted by Gasteiger charge is -2.43. The molecule has 2 saturated heterocycles. The molecule has 2 aromatic rings. The minimum absolute atomic E-state index is 0.00118. The van der Waals surface area contributed by atoms with Crippen molar-refractivity contribution in [2.45, 2.75) is 30.8 Å². The van der Waals surface area contributed by atoms with Crippen LogP contribution in [0.4, 0.5) is 4.79 Å². The van der Waals surface area contributed by atoms with Crippen molar-refractivity contribution in [2.75, 3.05) is 39.8 Å². The lowest BCUT2D eigenvalue weighted by atomic mass is 9.72. The molecule has 4 rings (SSSR count). The molecule has 2 heterocycles. The van der Waals surface area contributed by atoms with Crippen LogP contribution < -0.4 is 10.1 Å². The summed E-state index contributed by atoms with van der Waals surface area (Å²) in [6, 6.07) is 17.4. The van der Waals surface area contributed by atoms with Crippen molar-refractivity contribution in [3.63, 3.8) is 0 Å². The zero-order valence-electron chi connectivity index (χ0n) is 18.5. The van der Waals surface area contributed by atoms with Gasteiger partial charge in [-0.2, -0.15) is 0 Å². The molecule has 0 unspecified atom stereocenters. The van der Waals surface area contributed by atoms with E-state index in [1.54, 1.807) is 24.1 Å². The predicted octanol–water partition coefficient (Wildman–Crippen LogP) is 2.65. The summed E-state index contributed by atoms with van der Waals surface area (Å²) in [6.07, 6.45) is 1.73.